The van der Waals surface area contributed by atoms with Crippen molar-refractivity contribution in [3.05, 3.63) is 89.5 Å². The second-order valence-corrected chi connectivity index (χ2v) is 6.44. The van der Waals surface area contributed by atoms with Crippen molar-refractivity contribution in [2.45, 2.75) is 6.42 Å². The average Bonchev–Trinajstić information content (AvgIpc) is 2.75. The van der Waals surface area contributed by atoms with Gasteiger partial charge >= 0.3 is 0 Å². The molecule has 0 heterocycles. The van der Waals surface area contributed by atoms with Crippen LogP contribution < -0.4 is 20.5 Å². The number of carbonyl (C=O) groups is 3. The van der Waals surface area contributed by atoms with Crippen LogP contribution in [0, 0.1) is 0 Å². The lowest BCUT2D eigenvalue weighted by Gasteiger charge is -2.12. The molecular weight excluding hydrogens is 384 g/mol. The molecule has 0 aliphatic carbocycles. The van der Waals surface area contributed by atoms with E-state index in [9.17, 15) is 19.5 Å². The number of carboxylic acids is 1. The van der Waals surface area contributed by atoms with E-state index in [0.717, 1.165) is 11.3 Å². The number of anilines is 2. The molecule has 0 aromatic heterocycles. The summed E-state index contributed by atoms with van der Waals surface area (Å²) in [6.07, 6.45) is 0.201. The minimum atomic E-state index is -1.37. The lowest BCUT2D eigenvalue weighted by molar-refractivity contribution is -0.254. The number of hydrogen-bond donors (Lipinski definition) is 2. The minimum absolute atomic E-state index is 0.103. The van der Waals surface area contributed by atoms with Crippen LogP contribution in [0.15, 0.2) is 72.8 Å². The third-order valence-corrected chi connectivity index (χ3v) is 4.35. The van der Waals surface area contributed by atoms with Crippen LogP contribution in [0.2, 0.25) is 0 Å². The maximum atomic E-state index is 12.4. The first-order valence-corrected chi connectivity index (χ1v) is 9.11. The molecule has 7 nitrogen and oxygen atoms in total. The molecule has 0 saturated carbocycles. The molecule has 0 saturated heterocycles. The predicted molar refractivity (Wildman–Crippen MR) is 110 cm³/mol. The monoisotopic (exact) mass is 403 g/mol. The first kappa shape index (κ1) is 20.6. The Morgan fingerprint density at radius 3 is 2.17 bits per heavy atom. The van der Waals surface area contributed by atoms with Crippen LogP contribution in [0.3, 0.4) is 0 Å². The number of benzene rings is 3. The number of aromatic carboxylic acids is 1. The van der Waals surface area contributed by atoms with Crippen molar-refractivity contribution in [3.63, 3.8) is 0 Å². The summed E-state index contributed by atoms with van der Waals surface area (Å²) < 4.78 is 5.09. The van der Waals surface area contributed by atoms with Crippen LogP contribution in [-0.2, 0) is 11.2 Å². The predicted octanol–water partition coefficient (Wildman–Crippen LogP) is 2.49. The molecular formula is C23H19N2O5-. The van der Waals surface area contributed by atoms with Gasteiger partial charge in [0.15, 0.2) is 0 Å². The van der Waals surface area contributed by atoms with Crippen molar-refractivity contribution >= 4 is 29.2 Å². The van der Waals surface area contributed by atoms with Gasteiger partial charge in [-0.15, -0.1) is 0 Å². The Kier molecular flexibility index (Phi) is 6.44. The number of carboxylic acid groups (broad SMARTS) is 1. The highest BCUT2D eigenvalue weighted by Gasteiger charge is 2.10. The van der Waals surface area contributed by atoms with E-state index in [1.165, 1.54) is 12.1 Å². The van der Waals surface area contributed by atoms with E-state index in [1.54, 1.807) is 55.6 Å². The van der Waals surface area contributed by atoms with Crippen molar-refractivity contribution in [3.8, 4) is 5.75 Å². The molecule has 3 rings (SSSR count). The number of methoxy groups -OCH3 is 1. The topological polar surface area (TPSA) is 108 Å². The smallest absolute Gasteiger partial charge is 0.255 e. The number of ether oxygens (including phenoxy) is 1. The van der Waals surface area contributed by atoms with Crippen LogP contribution >= 0.6 is 0 Å². The van der Waals surface area contributed by atoms with Crippen molar-refractivity contribution < 1.29 is 24.2 Å². The molecule has 152 valence electrons. The molecule has 2 N–H and O–H groups in total. The molecule has 0 atom stereocenters. The van der Waals surface area contributed by atoms with Crippen molar-refractivity contribution in [1.82, 2.24) is 0 Å². The summed E-state index contributed by atoms with van der Waals surface area (Å²) in [5, 5.41) is 16.5. The van der Waals surface area contributed by atoms with Gasteiger partial charge in [0.25, 0.3) is 5.91 Å². The summed E-state index contributed by atoms with van der Waals surface area (Å²) in [5.74, 6) is -1.32. The molecule has 2 amide bonds. The lowest BCUT2D eigenvalue weighted by atomic mass is 10.1. The van der Waals surface area contributed by atoms with Crippen LogP contribution in [0.5, 0.6) is 5.75 Å². The number of para-hydroxylation sites is 1. The van der Waals surface area contributed by atoms with E-state index < -0.39 is 11.9 Å². The van der Waals surface area contributed by atoms with Crippen LogP contribution in [0.25, 0.3) is 0 Å². The maximum Gasteiger partial charge on any atom is 0.255 e. The molecule has 3 aromatic carbocycles. The minimum Gasteiger partial charge on any atom is -0.545 e. The summed E-state index contributed by atoms with van der Waals surface area (Å²) in [5.41, 5.74) is 1.75. The fourth-order valence-corrected chi connectivity index (χ4v) is 2.80. The van der Waals surface area contributed by atoms with Gasteiger partial charge in [-0.05, 0) is 48.0 Å². The molecule has 0 fully saturated rings. The van der Waals surface area contributed by atoms with Gasteiger partial charge in [0.05, 0.1) is 25.2 Å². The molecule has 0 aliphatic heterocycles. The molecule has 0 bridgehead atoms. The summed E-state index contributed by atoms with van der Waals surface area (Å²) in [6, 6.07) is 19.5. The summed E-state index contributed by atoms with van der Waals surface area (Å²) in [4.78, 5) is 35.7. The quantitative estimate of drug-likeness (QED) is 0.630. The van der Waals surface area contributed by atoms with E-state index in [1.807, 2.05) is 12.1 Å². The largest absolute Gasteiger partial charge is 0.545 e. The zero-order chi connectivity index (χ0) is 21.5. The average molecular weight is 403 g/mol. The van der Waals surface area contributed by atoms with E-state index >= 15 is 0 Å². The second kappa shape index (κ2) is 9.38. The Hall–Kier alpha value is -4.13. The highest BCUT2D eigenvalue weighted by molar-refractivity contribution is 6.07. The van der Waals surface area contributed by atoms with Crippen LogP contribution in [0.4, 0.5) is 11.4 Å². The number of hydrogen-bond acceptors (Lipinski definition) is 5. The Bertz CT molecular complexity index is 1060. The Balaban J connectivity index is 1.61. The molecule has 0 aliphatic rings. The highest BCUT2D eigenvalue weighted by atomic mass is 16.5. The maximum absolute atomic E-state index is 12.4. The van der Waals surface area contributed by atoms with Gasteiger partial charge in [-0.1, -0.05) is 30.3 Å². The molecule has 7 heteroatoms. The van der Waals surface area contributed by atoms with Crippen molar-refractivity contribution in [2.24, 2.45) is 0 Å². The van der Waals surface area contributed by atoms with Gasteiger partial charge in [-0.2, -0.15) is 0 Å². The number of carbonyl (C=O) groups excluding carboxylic acids is 3. The highest BCUT2D eigenvalue weighted by Crippen LogP contribution is 2.17. The second-order valence-electron chi connectivity index (χ2n) is 6.44. The van der Waals surface area contributed by atoms with E-state index in [2.05, 4.69) is 10.6 Å². The third kappa shape index (κ3) is 5.23. The Morgan fingerprint density at radius 2 is 1.53 bits per heavy atom. The third-order valence-electron chi connectivity index (χ3n) is 4.35. The molecule has 3 aromatic rings. The van der Waals surface area contributed by atoms with Gasteiger partial charge < -0.3 is 25.3 Å². The van der Waals surface area contributed by atoms with Gasteiger partial charge in [0.1, 0.15) is 5.75 Å². The standard InChI is InChI=1S/C23H20N2O5/c1-30-18-12-6-15(7-13-18)14-21(26)24-17-10-8-16(9-11-17)22(27)25-20-5-3-2-4-19(20)23(28)29/h2-13H,14H2,1H3,(H,24,26)(H,25,27)(H,28,29)/p-1. The van der Waals surface area contributed by atoms with Crippen LogP contribution in [0.1, 0.15) is 26.3 Å². The van der Waals surface area contributed by atoms with E-state index in [-0.39, 0.29) is 23.6 Å². The number of amides is 2. The van der Waals surface area contributed by atoms with Crippen molar-refractivity contribution in [1.29, 1.82) is 0 Å². The Labute approximate surface area is 173 Å². The number of nitrogens with one attached hydrogen (secondary N) is 2. The SMILES string of the molecule is COc1ccc(CC(=O)Nc2ccc(C(=O)Nc3ccccc3C(=O)[O-])cc2)cc1. The number of rotatable bonds is 7. The van der Waals surface area contributed by atoms with E-state index in [0.29, 0.717) is 11.3 Å². The normalized spacial score (nSPS) is 10.2. The summed E-state index contributed by atoms with van der Waals surface area (Å²) >= 11 is 0. The zero-order valence-corrected chi connectivity index (χ0v) is 16.2. The van der Waals surface area contributed by atoms with Gasteiger partial charge in [-0.3, -0.25) is 9.59 Å². The lowest BCUT2D eigenvalue weighted by Crippen LogP contribution is -2.24. The van der Waals surface area contributed by atoms with E-state index in [4.69, 9.17) is 4.74 Å². The van der Waals surface area contributed by atoms with Gasteiger partial charge in [-0.25, -0.2) is 0 Å². The zero-order valence-electron chi connectivity index (χ0n) is 16.2. The first-order valence-electron chi connectivity index (χ1n) is 9.11. The van der Waals surface area contributed by atoms with Gasteiger partial charge in [0.2, 0.25) is 5.91 Å². The summed E-state index contributed by atoms with van der Waals surface area (Å²) in [7, 11) is 1.58. The van der Waals surface area contributed by atoms with Gasteiger partial charge in [0, 0.05) is 16.8 Å². The van der Waals surface area contributed by atoms with Crippen molar-refractivity contribution in [2.75, 3.05) is 17.7 Å². The molecule has 0 spiro atoms. The molecule has 0 unspecified atom stereocenters. The van der Waals surface area contributed by atoms with Crippen LogP contribution in [-0.4, -0.2) is 24.9 Å². The molecule has 0 radical (unpaired) electrons. The Morgan fingerprint density at radius 1 is 0.867 bits per heavy atom. The fraction of sp³-hybridized carbons (Fsp3) is 0.0870. The first-order chi connectivity index (χ1) is 14.5. The fourth-order valence-electron chi connectivity index (χ4n) is 2.80. The molecule has 30 heavy (non-hydrogen) atoms. The summed E-state index contributed by atoms with van der Waals surface area (Å²) in [6.45, 7) is 0.